The van der Waals surface area contributed by atoms with Gasteiger partial charge in [-0.3, -0.25) is 9.59 Å². The van der Waals surface area contributed by atoms with Crippen molar-refractivity contribution in [1.82, 2.24) is 10.2 Å². The average molecular weight is 334 g/mol. The van der Waals surface area contributed by atoms with Crippen LogP contribution in [0.15, 0.2) is 24.3 Å². The number of hydrogen-bond donors (Lipinski definition) is 3. The van der Waals surface area contributed by atoms with Crippen LogP contribution in [0.1, 0.15) is 19.8 Å². The summed E-state index contributed by atoms with van der Waals surface area (Å²) >= 11 is 0. The van der Waals surface area contributed by atoms with E-state index in [1.165, 1.54) is 4.90 Å². The number of hydrogen-bond acceptors (Lipinski definition) is 4. The van der Waals surface area contributed by atoms with Gasteiger partial charge < -0.3 is 26.0 Å². The van der Waals surface area contributed by atoms with Crippen molar-refractivity contribution in [2.75, 3.05) is 19.0 Å². The van der Waals surface area contributed by atoms with E-state index in [9.17, 15) is 14.4 Å². The quantitative estimate of drug-likeness (QED) is 0.734. The van der Waals surface area contributed by atoms with Gasteiger partial charge in [-0.05, 0) is 44.0 Å². The van der Waals surface area contributed by atoms with Crippen LogP contribution in [0.4, 0.5) is 10.5 Å². The van der Waals surface area contributed by atoms with E-state index in [2.05, 4.69) is 10.6 Å². The van der Waals surface area contributed by atoms with Crippen molar-refractivity contribution in [3.8, 4) is 5.75 Å². The first kappa shape index (κ1) is 17.6. The van der Waals surface area contributed by atoms with E-state index in [0.29, 0.717) is 24.4 Å². The van der Waals surface area contributed by atoms with Crippen LogP contribution in [0.3, 0.4) is 0 Å². The summed E-state index contributed by atoms with van der Waals surface area (Å²) in [6.45, 7) is 2.02. The minimum absolute atomic E-state index is 0.253. The summed E-state index contributed by atoms with van der Waals surface area (Å²) in [6.07, 6.45) is 1.31. The number of primary amides is 1. The number of likely N-dealkylation sites (tertiary alicyclic amines) is 1. The molecule has 130 valence electrons. The molecule has 0 bridgehead atoms. The Bertz CT molecular complexity index is 617. The number of carbonyl (C=O) groups is 3. The number of rotatable bonds is 5. The first-order valence-electron chi connectivity index (χ1n) is 7.73. The smallest absolute Gasteiger partial charge is 0.312 e. The van der Waals surface area contributed by atoms with Crippen LogP contribution < -0.4 is 21.1 Å². The third kappa shape index (κ3) is 4.15. The maximum absolute atomic E-state index is 12.5. The van der Waals surface area contributed by atoms with Crippen LogP contribution in [0.5, 0.6) is 5.75 Å². The zero-order valence-electron chi connectivity index (χ0n) is 13.7. The summed E-state index contributed by atoms with van der Waals surface area (Å²) in [5.74, 6) is 0.121. The zero-order chi connectivity index (χ0) is 17.7. The van der Waals surface area contributed by atoms with E-state index in [-0.39, 0.29) is 11.8 Å². The third-order valence-electron chi connectivity index (χ3n) is 3.93. The summed E-state index contributed by atoms with van der Waals surface area (Å²) in [7, 11) is 1.57. The lowest BCUT2D eigenvalue weighted by atomic mass is 10.2. The first-order valence-corrected chi connectivity index (χ1v) is 7.73. The molecule has 1 aromatic rings. The highest BCUT2D eigenvalue weighted by atomic mass is 16.5. The van der Waals surface area contributed by atoms with Gasteiger partial charge in [-0.2, -0.15) is 0 Å². The lowest BCUT2D eigenvalue weighted by molar-refractivity contribution is -0.137. The predicted octanol–water partition coefficient (Wildman–Crippen LogP) is 0.682. The number of carbonyl (C=O) groups excluding carboxylic acids is 3. The van der Waals surface area contributed by atoms with E-state index in [1.54, 1.807) is 38.3 Å². The van der Waals surface area contributed by atoms with E-state index >= 15 is 0 Å². The standard InChI is InChI=1S/C16H22N4O4/c1-10(18-16(17)23)15(22)20-9-3-4-13(20)14(21)19-11-5-7-12(24-2)8-6-11/h5-8,10,13H,3-4,9H2,1-2H3,(H,19,21)(H3,17,18,23). The van der Waals surface area contributed by atoms with Crippen LogP contribution in [0.2, 0.25) is 0 Å². The number of benzene rings is 1. The van der Waals surface area contributed by atoms with Gasteiger partial charge in [0.1, 0.15) is 17.8 Å². The van der Waals surface area contributed by atoms with Crippen molar-refractivity contribution in [3.63, 3.8) is 0 Å². The summed E-state index contributed by atoms with van der Waals surface area (Å²) < 4.78 is 5.07. The summed E-state index contributed by atoms with van der Waals surface area (Å²) in [6, 6.07) is 4.85. The van der Waals surface area contributed by atoms with Gasteiger partial charge in [-0.15, -0.1) is 0 Å². The SMILES string of the molecule is COc1ccc(NC(=O)C2CCCN2C(=O)C(C)NC(N)=O)cc1. The molecule has 0 aromatic heterocycles. The molecule has 4 N–H and O–H groups in total. The van der Waals surface area contributed by atoms with Crippen molar-refractivity contribution in [3.05, 3.63) is 24.3 Å². The van der Waals surface area contributed by atoms with Crippen molar-refractivity contribution in [1.29, 1.82) is 0 Å². The normalized spacial score (nSPS) is 17.9. The lowest BCUT2D eigenvalue weighted by Gasteiger charge is -2.26. The molecule has 0 saturated carbocycles. The van der Waals surface area contributed by atoms with Gasteiger partial charge in [0.05, 0.1) is 7.11 Å². The fourth-order valence-electron chi connectivity index (χ4n) is 2.73. The van der Waals surface area contributed by atoms with Crippen LogP contribution in [-0.2, 0) is 9.59 Å². The maximum atomic E-state index is 12.5. The van der Waals surface area contributed by atoms with E-state index in [0.717, 1.165) is 6.42 Å². The average Bonchev–Trinajstić information content (AvgIpc) is 3.03. The third-order valence-corrected chi connectivity index (χ3v) is 3.93. The second-order valence-electron chi connectivity index (χ2n) is 5.64. The second-order valence-corrected chi connectivity index (χ2v) is 5.64. The highest BCUT2D eigenvalue weighted by Crippen LogP contribution is 2.21. The number of anilines is 1. The monoisotopic (exact) mass is 334 g/mol. The number of nitrogens with zero attached hydrogens (tertiary/aromatic N) is 1. The van der Waals surface area contributed by atoms with Gasteiger partial charge in [0.2, 0.25) is 11.8 Å². The number of nitrogens with one attached hydrogen (secondary N) is 2. The Kier molecular flexibility index (Phi) is 5.62. The van der Waals surface area contributed by atoms with Crippen LogP contribution in [0, 0.1) is 0 Å². The lowest BCUT2D eigenvalue weighted by Crippen LogP contribution is -2.52. The largest absolute Gasteiger partial charge is 0.497 e. The topological polar surface area (TPSA) is 114 Å². The molecule has 1 heterocycles. The van der Waals surface area contributed by atoms with Gasteiger partial charge in [0, 0.05) is 12.2 Å². The summed E-state index contributed by atoms with van der Waals surface area (Å²) in [4.78, 5) is 37.2. The van der Waals surface area contributed by atoms with E-state index in [4.69, 9.17) is 10.5 Å². The summed E-state index contributed by atoms with van der Waals surface area (Å²) in [5.41, 5.74) is 5.67. The molecule has 1 aliphatic rings. The van der Waals surface area contributed by atoms with Crippen molar-refractivity contribution in [2.24, 2.45) is 5.73 Å². The van der Waals surface area contributed by atoms with Crippen molar-refractivity contribution >= 4 is 23.5 Å². The molecule has 24 heavy (non-hydrogen) atoms. The zero-order valence-corrected chi connectivity index (χ0v) is 13.7. The molecule has 2 rings (SSSR count). The van der Waals surface area contributed by atoms with Gasteiger partial charge in [-0.25, -0.2) is 4.79 Å². The van der Waals surface area contributed by atoms with Crippen LogP contribution in [-0.4, -0.2) is 48.5 Å². The van der Waals surface area contributed by atoms with E-state index < -0.39 is 18.1 Å². The molecule has 1 aliphatic heterocycles. The molecular weight excluding hydrogens is 312 g/mol. The van der Waals surface area contributed by atoms with Gasteiger partial charge in [0.25, 0.3) is 0 Å². The van der Waals surface area contributed by atoms with Crippen molar-refractivity contribution in [2.45, 2.75) is 31.8 Å². The molecule has 8 nitrogen and oxygen atoms in total. The second kappa shape index (κ2) is 7.67. The van der Waals surface area contributed by atoms with Crippen molar-refractivity contribution < 1.29 is 19.1 Å². The molecule has 2 atom stereocenters. The number of nitrogens with two attached hydrogens (primary N) is 1. The summed E-state index contributed by atoms with van der Waals surface area (Å²) in [5, 5.41) is 5.14. The highest BCUT2D eigenvalue weighted by Gasteiger charge is 2.36. The molecule has 1 saturated heterocycles. The highest BCUT2D eigenvalue weighted by molar-refractivity contribution is 5.98. The van der Waals surface area contributed by atoms with E-state index in [1.807, 2.05) is 0 Å². The first-order chi connectivity index (χ1) is 11.4. The molecule has 1 aromatic carbocycles. The fourth-order valence-corrected chi connectivity index (χ4v) is 2.73. The number of ether oxygens (including phenoxy) is 1. The molecular formula is C16H22N4O4. The Morgan fingerprint density at radius 3 is 2.54 bits per heavy atom. The minimum Gasteiger partial charge on any atom is -0.497 e. The minimum atomic E-state index is -0.769. The Morgan fingerprint density at radius 2 is 1.96 bits per heavy atom. The van der Waals surface area contributed by atoms with Crippen LogP contribution in [0.25, 0.3) is 0 Å². The molecule has 0 aliphatic carbocycles. The fraction of sp³-hybridized carbons (Fsp3) is 0.438. The molecule has 2 unspecified atom stereocenters. The number of methoxy groups -OCH3 is 1. The Morgan fingerprint density at radius 1 is 1.29 bits per heavy atom. The van der Waals surface area contributed by atoms with Crippen LogP contribution >= 0.6 is 0 Å². The van der Waals surface area contributed by atoms with Gasteiger partial charge in [-0.1, -0.05) is 0 Å². The number of urea groups is 1. The van der Waals surface area contributed by atoms with Gasteiger partial charge in [0.15, 0.2) is 0 Å². The Labute approximate surface area is 140 Å². The Hall–Kier alpha value is -2.77. The molecule has 0 spiro atoms. The molecule has 4 amide bonds. The maximum Gasteiger partial charge on any atom is 0.312 e. The predicted molar refractivity (Wildman–Crippen MR) is 88.5 cm³/mol. The molecule has 1 fully saturated rings. The molecule has 8 heteroatoms. The Balaban J connectivity index is 2.01. The number of amides is 4. The molecule has 0 radical (unpaired) electrons. The van der Waals surface area contributed by atoms with Gasteiger partial charge >= 0.3 is 6.03 Å².